The van der Waals surface area contributed by atoms with Crippen molar-refractivity contribution in [1.82, 2.24) is 20.0 Å². The van der Waals surface area contributed by atoms with Crippen LogP contribution < -0.4 is 20.1 Å². The molecule has 0 unspecified atom stereocenters. The van der Waals surface area contributed by atoms with Gasteiger partial charge in [0.2, 0.25) is 5.88 Å². The Morgan fingerprint density at radius 2 is 1.84 bits per heavy atom. The Labute approximate surface area is 248 Å². The molecule has 2 N–H and O–H groups in total. The number of rotatable bonds is 9. The van der Waals surface area contributed by atoms with Gasteiger partial charge in [-0.25, -0.2) is 13.9 Å². The number of nitrogens with one attached hydrogen (secondary N) is 2. The Morgan fingerprint density at radius 1 is 1.12 bits per heavy atom. The predicted octanol–water partition coefficient (Wildman–Crippen LogP) is 6.14. The number of benzene rings is 2. The molecular weight excluding hydrogens is 570 g/mol. The first kappa shape index (κ1) is 32.1. The Bertz CT molecular complexity index is 1390. The van der Waals surface area contributed by atoms with E-state index in [0.29, 0.717) is 29.8 Å². The number of piperidine rings is 1. The highest BCUT2D eigenvalue weighted by atomic mass is 19.4. The van der Waals surface area contributed by atoms with Crippen molar-refractivity contribution < 1.29 is 36.6 Å². The summed E-state index contributed by atoms with van der Waals surface area (Å²) in [5.41, 5.74) is 1.62. The van der Waals surface area contributed by atoms with Crippen molar-refractivity contribution >= 4 is 11.8 Å². The van der Waals surface area contributed by atoms with E-state index in [9.17, 15) is 18.0 Å². The fourth-order valence-corrected chi connectivity index (χ4v) is 4.84. The number of carbonyl (C=O) groups is 1. The Kier molecular flexibility index (Phi) is 9.86. The molecule has 0 saturated carbocycles. The van der Waals surface area contributed by atoms with Gasteiger partial charge in [-0.1, -0.05) is 24.3 Å². The van der Waals surface area contributed by atoms with Gasteiger partial charge in [-0.05, 0) is 57.5 Å². The highest BCUT2D eigenvalue weighted by molar-refractivity contribution is 5.89. The number of carbonyl (C=O) groups excluding carboxylic acids is 1. The summed E-state index contributed by atoms with van der Waals surface area (Å²) < 4.78 is 70.9. The number of likely N-dealkylation sites (tertiary alicyclic amines) is 1. The molecular formula is C30H37F4N5O4. The van der Waals surface area contributed by atoms with E-state index >= 15 is 4.39 Å². The molecule has 9 nitrogen and oxygen atoms in total. The van der Waals surface area contributed by atoms with Gasteiger partial charge in [-0.2, -0.15) is 0 Å². The third-order valence-electron chi connectivity index (χ3n) is 7.11. The summed E-state index contributed by atoms with van der Waals surface area (Å²) >= 11 is 0. The standard InChI is InChI=1S/C30H37F4N5O4/c1-19-26(36-28(40)35-16-21-15-20(18-41-5)11-12-24(21)43-30(32,33)34)39(22-9-7-6-8-10-22)37-27(19)42-25-13-14-38(17-23(25)31)29(2,3)4/h6-12,15,23,25H,13-14,16-18H2,1-5H3,(H2,35,36,40)/t23-,25-/m0/s1. The molecule has 234 valence electrons. The molecule has 1 aromatic heterocycles. The summed E-state index contributed by atoms with van der Waals surface area (Å²) in [5, 5.41) is 9.86. The second kappa shape index (κ2) is 13.2. The topological polar surface area (TPSA) is 89.9 Å². The number of hydrogen-bond acceptors (Lipinski definition) is 6. The van der Waals surface area contributed by atoms with Gasteiger partial charge >= 0.3 is 12.4 Å². The van der Waals surface area contributed by atoms with E-state index < -0.39 is 30.4 Å². The van der Waals surface area contributed by atoms with Gasteiger partial charge in [0, 0.05) is 44.3 Å². The molecule has 1 fully saturated rings. The quantitative estimate of drug-likeness (QED) is 0.284. The van der Waals surface area contributed by atoms with Crippen LogP contribution in [0.25, 0.3) is 5.69 Å². The fourth-order valence-electron chi connectivity index (χ4n) is 4.84. The first-order chi connectivity index (χ1) is 20.2. The third kappa shape index (κ3) is 8.38. The number of amides is 2. The number of halogens is 4. The van der Waals surface area contributed by atoms with Crippen LogP contribution in [0.4, 0.5) is 28.2 Å². The average Bonchev–Trinajstić information content (AvgIpc) is 3.23. The van der Waals surface area contributed by atoms with Gasteiger partial charge in [-0.15, -0.1) is 18.3 Å². The molecule has 1 aliphatic heterocycles. The van der Waals surface area contributed by atoms with Crippen LogP contribution in [0.3, 0.4) is 0 Å². The number of alkyl halides is 4. The van der Waals surface area contributed by atoms with Gasteiger partial charge in [0.25, 0.3) is 0 Å². The Balaban J connectivity index is 1.54. The highest BCUT2D eigenvalue weighted by Gasteiger charge is 2.36. The summed E-state index contributed by atoms with van der Waals surface area (Å²) in [7, 11) is 1.46. The maximum atomic E-state index is 15.2. The predicted molar refractivity (Wildman–Crippen MR) is 153 cm³/mol. The minimum atomic E-state index is -4.91. The second-order valence-electron chi connectivity index (χ2n) is 11.3. The number of hydrogen-bond donors (Lipinski definition) is 2. The van der Waals surface area contributed by atoms with E-state index in [1.54, 1.807) is 31.2 Å². The van der Waals surface area contributed by atoms with E-state index in [-0.39, 0.29) is 42.5 Å². The van der Waals surface area contributed by atoms with Gasteiger partial charge < -0.3 is 19.5 Å². The van der Waals surface area contributed by atoms with Crippen molar-refractivity contribution in [3.8, 4) is 17.3 Å². The number of ether oxygens (including phenoxy) is 3. The van der Waals surface area contributed by atoms with Gasteiger partial charge in [0.1, 0.15) is 23.8 Å². The van der Waals surface area contributed by atoms with Crippen molar-refractivity contribution in [2.75, 3.05) is 25.5 Å². The lowest BCUT2D eigenvalue weighted by molar-refractivity contribution is -0.274. The molecule has 2 atom stereocenters. The highest BCUT2D eigenvalue weighted by Crippen LogP contribution is 2.32. The van der Waals surface area contributed by atoms with Crippen molar-refractivity contribution in [2.24, 2.45) is 0 Å². The van der Waals surface area contributed by atoms with Gasteiger partial charge in [-0.3, -0.25) is 10.2 Å². The summed E-state index contributed by atoms with van der Waals surface area (Å²) in [6, 6.07) is 12.4. The van der Waals surface area contributed by atoms with Crippen molar-refractivity contribution in [1.29, 1.82) is 0 Å². The molecule has 1 saturated heterocycles. The first-order valence-corrected chi connectivity index (χ1v) is 13.9. The largest absolute Gasteiger partial charge is 0.573 e. The molecule has 3 aromatic rings. The molecule has 0 bridgehead atoms. The first-order valence-electron chi connectivity index (χ1n) is 13.9. The minimum absolute atomic E-state index is 0.106. The Morgan fingerprint density at radius 3 is 2.47 bits per heavy atom. The summed E-state index contributed by atoms with van der Waals surface area (Å²) in [6.45, 7) is 8.59. The van der Waals surface area contributed by atoms with Crippen molar-refractivity contribution in [2.45, 2.75) is 71.4 Å². The fraction of sp³-hybridized carbons (Fsp3) is 0.467. The van der Waals surface area contributed by atoms with Crippen LogP contribution in [0.1, 0.15) is 43.9 Å². The van der Waals surface area contributed by atoms with E-state index in [0.717, 1.165) is 0 Å². The number of aromatic nitrogens is 2. The van der Waals surface area contributed by atoms with E-state index in [1.165, 1.54) is 30.0 Å². The van der Waals surface area contributed by atoms with Gasteiger partial charge in [0.15, 0.2) is 0 Å². The third-order valence-corrected chi connectivity index (χ3v) is 7.11. The summed E-state index contributed by atoms with van der Waals surface area (Å²) in [6.07, 6.45) is -6.40. The van der Waals surface area contributed by atoms with Crippen LogP contribution >= 0.6 is 0 Å². The van der Waals surface area contributed by atoms with Crippen LogP contribution in [0.5, 0.6) is 11.6 Å². The molecule has 1 aliphatic rings. The molecule has 4 rings (SSSR count). The van der Waals surface area contributed by atoms with Crippen molar-refractivity contribution in [3.63, 3.8) is 0 Å². The molecule has 0 spiro atoms. The SMILES string of the molecule is COCc1ccc(OC(F)(F)F)c(CNC(=O)Nc2c(C)c(O[C@H]3CCN(C(C)(C)C)C[C@@H]3F)nn2-c2ccccc2)c1. The average molecular weight is 608 g/mol. The van der Waals surface area contributed by atoms with E-state index in [4.69, 9.17) is 9.47 Å². The van der Waals surface area contributed by atoms with E-state index in [1.807, 2.05) is 26.8 Å². The number of methoxy groups -OCH3 is 1. The van der Waals surface area contributed by atoms with Crippen molar-refractivity contribution in [3.05, 3.63) is 65.2 Å². The number of urea groups is 1. The van der Waals surface area contributed by atoms with Gasteiger partial charge in [0.05, 0.1) is 17.9 Å². The number of nitrogens with zero attached hydrogens (tertiary/aromatic N) is 3. The maximum Gasteiger partial charge on any atom is 0.573 e. The van der Waals surface area contributed by atoms with Crippen LogP contribution in [-0.4, -0.2) is 65.1 Å². The molecule has 0 aliphatic carbocycles. The molecule has 2 amide bonds. The minimum Gasteiger partial charge on any atom is -0.470 e. The van der Waals surface area contributed by atoms with Crippen LogP contribution in [0.2, 0.25) is 0 Å². The monoisotopic (exact) mass is 607 g/mol. The molecule has 43 heavy (non-hydrogen) atoms. The molecule has 13 heteroatoms. The van der Waals surface area contributed by atoms with Crippen LogP contribution in [0.15, 0.2) is 48.5 Å². The lowest BCUT2D eigenvalue weighted by Crippen LogP contribution is -2.53. The Hall–Kier alpha value is -3.84. The number of para-hydroxylation sites is 1. The van der Waals surface area contributed by atoms with E-state index in [2.05, 4.69) is 25.4 Å². The zero-order chi connectivity index (χ0) is 31.4. The molecule has 2 aromatic carbocycles. The zero-order valence-electron chi connectivity index (χ0n) is 24.8. The molecule has 0 radical (unpaired) electrons. The molecule has 2 heterocycles. The lowest BCUT2D eigenvalue weighted by atomic mass is 9.98. The number of anilines is 1. The lowest BCUT2D eigenvalue weighted by Gasteiger charge is -2.42. The summed E-state index contributed by atoms with van der Waals surface area (Å²) in [5.74, 6) is -0.00240. The summed E-state index contributed by atoms with van der Waals surface area (Å²) in [4.78, 5) is 15.1. The smallest absolute Gasteiger partial charge is 0.470 e. The zero-order valence-corrected chi connectivity index (χ0v) is 24.8. The van der Waals surface area contributed by atoms with Crippen LogP contribution in [0, 0.1) is 6.92 Å². The second-order valence-corrected chi connectivity index (χ2v) is 11.3. The van der Waals surface area contributed by atoms with Crippen LogP contribution in [-0.2, 0) is 17.9 Å². The normalized spacial score (nSPS) is 17.9. The maximum absolute atomic E-state index is 15.2.